The predicted octanol–water partition coefficient (Wildman–Crippen LogP) is 3.22. The van der Waals surface area contributed by atoms with Crippen molar-refractivity contribution in [2.24, 2.45) is 0 Å². The van der Waals surface area contributed by atoms with Gasteiger partial charge in [0.1, 0.15) is 5.75 Å². The molecule has 7 nitrogen and oxygen atoms in total. The van der Waals surface area contributed by atoms with E-state index in [1.807, 2.05) is 6.07 Å². The lowest BCUT2D eigenvalue weighted by Crippen LogP contribution is -2.13. The Morgan fingerprint density at radius 3 is 2.35 bits per heavy atom. The van der Waals surface area contributed by atoms with Gasteiger partial charge in [-0.05, 0) is 30.3 Å². The summed E-state index contributed by atoms with van der Waals surface area (Å²) in [4.78, 5) is 7.64. The van der Waals surface area contributed by atoms with Crippen molar-refractivity contribution in [1.82, 2.24) is 9.97 Å². The number of halogens is 1. The summed E-state index contributed by atoms with van der Waals surface area (Å²) < 4.78 is 50.8. The molecule has 9 heteroatoms. The molecule has 1 N–H and O–H groups in total. The van der Waals surface area contributed by atoms with Crippen molar-refractivity contribution < 1.29 is 22.3 Å². The van der Waals surface area contributed by atoms with E-state index in [2.05, 4.69) is 14.7 Å². The zero-order valence-corrected chi connectivity index (χ0v) is 14.4. The van der Waals surface area contributed by atoms with Crippen molar-refractivity contribution >= 4 is 15.7 Å². The summed E-state index contributed by atoms with van der Waals surface area (Å²) in [7, 11) is -2.71. The molecule has 0 unspecified atom stereocenters. The zero-order chi connectivity index (χ0) is 18.6. The lowest BCUT2D eigenvalue weighted by atomic mass is 10.3. The molecule has 0 fully saturated rings. The number of rotatable bonds is 6. The second-order valence-electron chi connectivity index (χ2n) is 5.07. The molecule has 3 aromatic rings. The van der Waals surface area contributed by atoms with E-state index in [-0.39, 0.29) is 22.3 Å². The molecule has 1 aromatic heterocycles. The second kappa shape index (κ2) is 7.36. The number of nitrogens with one attached hydrogen (secondary N) is 1. The normalized spacial score (nSPS) is 11.0. The van der Waals surface area contributed by atoms with Crippen LogP contribution in [-0.2, 0) is 10.0 Å². The summed E-state index contributed by atoms with van der Waals surface area (Å²) in [5.74, 6) is -0.275. The Labute approximate surface area is 149 Å². The topological polar surface area (TPSA) is 90.4 Å². The van der Waals surface area contributed by atoms with Crippen molar-refractivity contribution in [1.29, 1.82) is 0 Å². The Hall–Kier alpha value is -3.20. The van der Waals surface area contributed by atoms with Crippen LogP contribution in [0.2, 0.25) is 0 Å². The number of sulfonamides is 1. The molecule has 134 valence electrons. The number of nitrogens with zero attached hydrogens (tertiary/aromatic N) is 2. The number of benzene rings is 2. The van der Waals surface area contributed by atoms with Crippen LogP contribution in [0.1, 0.15) is 0 Å². The van der Waals surface area contributed by atoms with E-state index in [9.17, 15) is 12.8 Å². The Kier molecular flexibility index (Phi) is 4.99. The van der Waals surface area contributed by atoms with Gasteiger partial charge < -0.3 is 9.47 Å². The van der Waals surface area contributed by atoms with Gasteiger partial charge in [0, 0.05) is 0 Å². The predicted molar refractivity (Wildman–Crippen MR) is 92.3 cm³/mol. The highest BCUT2D eigenvalue weighted by atomic mass is 32.2. The van der Waals surface area contributed by atoms with Crippen LogP contribution in [0, 0.1) is 5.82 Å². The summed E-state index contributed by atoms with van der Waals surface area (Å²) in [6.45, 7) is 0. The fourth-order valence-corrected chi connectivity index (χ4v) is 3.08. The molecular weight excluding hydrogens is 361 g/mol. The third-order valence-electron chi connectivity index (χ3n) is 3.27. The van der Waals surface area contributed by atoms with Crippen LogP contribution in [-0.4, -0.2) is 25.5 Å². The number of para-hydroxylation sites is 1. The molecule has 1 heterocycles. The maximum Gasteiger partial charge on any atom is 0.322 e. The highest BCUT2D eigenvalue weighted by molar-refractivity contribution is 7.92. The van der Waals surface area contributed by atoms with Crippen molar-refractivity contribution in [3.05, 3.63) is 66.7 Å². The number of hydrogen-bond acceptors (Lipinski definition) is 6. The van der Waals surface area contributed by atoms with E-state index in [4.69, 9.17) is 9.47 Å². The van der Waals surface area contributed by atoms with Gasteiger partial charge >= 0.3 is 6.01 Å². The van der Waals surface area contributed by atoms with Gasteiger partial charge in [-0.3, -0.25) is 4.72 Å². The number of methoxy groups -OCH3 is 1. The maximum atomic E-state index is 13.7. The third kappa shape index (κ3) is 4.06. The Morgan fingerprint density at radius 2 is 1.73 bits per heavy atom. The zero-order valence-electron chi connectivity index (χ0n) is 13.6. The molecule has 0 saturated carbocycles. The Morgan fingerprint density at radius 1 is 1.04 bits per heavy atom. The molecule has 0 spiro atoms. The summed E-state index contributed by atoms with van der Waals surface area (Å²) in [5.41, 5.74) is 0.113. The average Bonchev–Trinajstić information content (AvgIpc) is 2.64. The summed E-state index contributed by atoms with van der Waals surface area (Å²) in [5, 5.41) is 0. The van der Waals surface area contributed by atoms with E-state index >= 15 is 0 Å². The molecule has 0 amide bonds. The first-order chi connectivity index (χ1) is 12.5. The second-order valence-corrected chi connectivity index (χ2v) is 6.75. The Balaban J connectivity index is 1.74. The lowest BCUT2D eigenvalue weighted by Gasteiger charge is -2.09. The van der Waals surface area contributed by atoms with Gasteiger partial charge in [0.05, 0.1) is 30.1 Å². The quantitative estimate of drug-likeness (QED) is 0.711. The van der Waals surface area contributed by atoms with Crippen LogP contribution >= 0.6 is 0 Å². The van der Waals surface area contributed by atoms with Crippen molar-refractivity contribution in [3.63, 3.8) is 0 Å². The maximum absolute atomic E-state index is 13.7. The van der Waals surface area contributed by atoms with Crippen LogP contribution in [0.3, 0.4) is 0 Å². The summed E-state index contributed by atoms with van der Waals surface area (Å²) >= 11 is 0. The smallest absolute Gasteiger partial charge is 0.322 e. The van der Waals surface area contributed by atoms with E-state index in [1.54, 1.807) is 24.3 Å². The number of ether oxygens (including phenoxy) is 2. The number of anilines is 1. The van der Waals surface area contributed by atoms with Crippen LogP contribution < -0.4 is 14.2 Å². The van der Waals surface area contributed by atoms with E-state index in [0.717, 1.165) is 6.07 Å². The van der Waals surface area contributed by atoms with Crippen molar-refractivity contribution in [2.45, 2.75) is 4.90 Å². The molecule has 3 rings (SSSR count). The molecule has 2 aromatic carbocycles. The fraction of sp³-hybridized carbons (Fsp3) is 0.0588. The molecule has 0 saturated heterocycles. The fourth-order valence-electron chi connectivity index (χ4n) is 2.04. The largest absolute Gasteiger partial charge is 0.494 e. The van der Waals surface area contributed by atoms with Crippen LogP contribution in [0.4, 0.5) is 10.1 Å². The first kappa shape index (κ1) is 17.6. The molecule has 0 aliphatic heterocycles. The standard InChI is InChI=1S/C17H14FN3O4S/c1-24-16-8-7-14(9-15(16)18)26(22,23)21-12-10-19-17(20-11-12)25-13-5-3-2-4-6-13/h2-11,21H,1H3. The lowest BCUT2D eigenvalue weighted by molar-refractivity contribution is 0.385. The van der Waals surface area contributed by atoms with Gasteiger partial charge in [-0.25, -0.2) is 22.8 Å². The van der Waals surface area contributed by atoms with Crippen LogP contribution in [0.25, 0.3) is 0 Å². The average molecular weight is 375 g/mol. The SMILES string of the molecule is COc1ccc(S(=O)(=O)Nc2cnc(Oc3ccccc3)nc2)cc1F. The van der Waals surface area contributed by atoms with Crippen LogP contribution in [0.15, 0.2) is 65.8 Å². The molecule has 26 heavy (non-hydrogen) atoms. The molecule has 0 aliphatic rings. The van der Waals surface area contributed by atoms with E-state index in [1.165, 1.54) is 31.6 Å². The molecule has 0 radical (unpaired) electrons. The Bertz CT molecular complexity index is 996. The minimum absolute atomic E-state index is 0.0466. The molecule has 0 aliphatic carbocycles. The highest BCUT2D eigenvalue weighted by Gasteiger charge is 2.17. The summed E-state index contributed by atoms with van der Waals surface area (Å²) in [6, 6.07) is 12.3. The first-order valence-electron chi connectivity index (χ1n) is 7.39. The minimum Gasteiger partial charge on any atom is -0.494 e. The highest BCUT2D eigenvalue weighted by Crippen LogP contribution is 2.23. The summed E-state index contributed by atoms with van der Waals surface area (Å²) in [6.07, 6.45) is 2.51. The van der Waals surface area contributed by atoms with Gasteiger partial charge in [-0.1, -0.05) is 18.2 Å². The van der Waals surface area contributed by atoms with E-state index in [0.29, 0.717) is 5.75 Å². The van der Waals surface area contributed by atoms with Crippen molar-refractivity contribution in [3.8, 4) is 17.5 Å². The monoisotopic (exact) mass is 375 g/mol. The molecular formula is C17H14FN3O4S. The molecule has 0 bridgehead atoms. The van der Waals surface area contributed by atoms with Gasteiger partial charge in [-0.15, -0.1) is 0 Å². The van der Waals surface area contributed by atoms with Crippen LogP contribution in [0.5, 0.6) is 17.5 Å². The number of hydrogen-bond donors (Lipinski definition) is 1. The van der Waals surface area contributed by atoms with Gasteiger partial charge in [-0.2, -0.15) is 0 Å². The molecule has 0 atom stereocenters. The van der Waals surface area contributed by atoms with Gasteiger partial charge in [0.15, 0.2) is 11.6 Å². The van der Waals surface area contributed by atoms with Crippen molar-refractivity contribution in [2.75, 3.05) is 11.8 Å². The number of aromatic nitrogens is 2. The van der Waals surface area contributed by atoms with Gasteiger partial charge in [0.25, 0.3) is 10.0 Å². The van der Waals surface area contributed by atoms with E-state index < -0.39 is 15.8 Å². The third-order valence-corrected chi connectivity index (χ3v) is 4.65. The van der Waals surface area contributed by atoms with Gasteiger partial charge in [0.2, 0.25) is 0 Å². The first-order valence-corrected chi connectivity index (χ1v) is 8.87. The minimum atomic E-state index is -4.00.